The van der Waals surface area contributed by atoms with E-state index in [1.165, 1.54) is 44.5 Å². The Labute approximate surface area is 413 Å². The highest BCUT2D eigenvalue weighted by molar-refractivity contribution is 5.58. The summed E-state index contributed by atoms with van der Waals surface area (Å²) in [5.74, 6) is 0. The van der Waals surface area contributed by atoms with E-state index in [2.05, 4.69) is 140 Å². The zero-order valence-corrected chi connectivity index (χ0v) is 41.1. The van der Waals surface area contributed by atoms with Gasteiger partial charge in [-0.2, -0.15) is 0 Å². The second-order valence-corrected chi connectivity index (χ2v) is 18.9. The Morgan fingerprint density at radius 1 is 0.271 bits per heavy atom. The minimum absolute atomic E-state index is 0.824. The smallest absolute Gasteiger partial charge is 0.0889 e. The van der Waals surface area contributed by atoms with Gasteiger partial charge >= 0.3 is 0 Å². The van der Waals surface area contributed by atoms with E-state index >= 15 is 0 Å². The van der Waals surface area contributed by atoms with Gasteiger partial charge in [-0.15, -0.1) is 0 Å². The van der Waals surface area contributed by atoms with Crippen LogP contribution in [0.2, 0.25) is 0 Å². The molecule has 0 radical (unpaired) electrons. The van der Waals surface area contributed by atoms with Crippen molar-refractivity contribution in [3.8, 4) is 45.6 Å². The van der Waals surface area contributed by atoms with Gasteiger partial charge in [-0.05, 0) is 208 Å². The van der Waals surface area contributed by atoms with Crippen molar-refractivity contribution in [2.24, 2.45) is 0 Å². The van der Waals surface area contributed by atoms with Gasteiger partial charge in [0.05, 0.1) is 45.6 Å². The van der Waals surface area contributed by atoms with E-state index in [0.29, 0.717) is 0 Å². The Morgan fingerprint density at radius 3 is 0.686 bits per heavy atom. The first-order valence-electron chi connectivity index (χ1n) is 24.7. The molecule has 356 valence electrons. The van der Waals surface area contributed by atoms with Crippen molar-refractivity contribution < 1.29 is 0 Å². The third-order valence-electron chi connectivity index (χ3n) is 13.0. The molecule has 70 heavy (non-hydrogen) atoms. The number of nitrogens with zero attached hydrogens (tertiary/aromatic N) is 12. The fourth-order valence-corrected chi connectivity index (χ4v) is 9.27. The molecule has 0 bridgehead atoms. The molecule has 0 amide bonds. The fourth-order valence-electron chi connectivity index (χ4n) is 9.27. The van der Waals surface area contributed by atoms with Crippen molar-refractivity contribution in [2.45, 2.75) is 66.7 Å². The molecule has 1 aliphatic rings. The summed E-state index contributed by atoms with van der Waals surface area (Å²) < 4.78 is 0. The SMILES string of the molecule is Cc1ccnc(-c2cc(CN3CCCN(Cc4ccnc(-c5cc(C)ccn5)c4)CCN(Cc4ccnc(-c5cc(C)ccn5)c4)CCCN(Cc4ccnc(-c5cc(C)ccn5)c4)CC3)ccn2)c1. The summed E-state index contributed by atoms with van der Waals surface area (Å²) >= 11 is 0. The molecule has 0 atom stereocenters. The van der Waals surface area contributed by atoms with Crippen molar-refractivity contribution in [2.75, 3.05) is 52.4 Å². The second kappa shape index (κ2) is 23.6. The Bertz CT molecular complexity index is 2580. The van der Waals surface area contributed by atoms with E-state index in [4.69, 9.17) is 19.9 Å². The summed E-state index contributed by atoms with van der Waals surface area (Å²) in [6.07, 6.45) is 17.3. The monoisotopic (exact) mass is 929 g/mol. The number of pyridine rings is 8. The van der Waals surface area contributed by atoms with Crippen molar-refractivity contribution in [1.82, 2.24) is 59.5 Å². The summed E-state index contributed by atoms with van der Waals surface area (Å²) in [6.45, 7) is 19.2. The number of aromatic nitrogens is 8. The molecule has 9 heterocycles. The van der Waals surface area contributed by atoms with E-state index in [-0.39, 0.29) is 0 Å². The molecule has 0 spiro atoms. The predicted molar refractivity (Wildman–Crippen MR) is 279 cm³/mol. The van der Waals surface area contributed by atoms with Gasteiger partial charge in [0.2, 0.25) is 0 Å². The second-order valence-electron chi connectivity index (χ2n) is 18.9. The Balaban J connectivity index is 0.993. The summed E-state index contributed by atoms with van der Waals surface area (Å²) in [7, 11) is 0. The summed E-state index contributed by atoms with van der Waals surface area (Å²) in [5, 5.41) is 0. The molecule has 1 aliphatic heterocycles. The molecule has 8 aromatic heterocycles. The van der Waals surface area contributed by atoms with Crippen LogP contribution < -0.4 is 0 Å². The maximum absolute atomic E-state index is 4.75. The molecule has 0 aromatic carbocycles. The van der Waals surface area contributed by atoms with Gasteiger partial charge in [-0.1, -0.05) is 0 Å². The molecule has 12 heteroatoms. The summed E-state index contributed by atoms with van der Waals surface area (Å²) in [6, 6.07) is 34.1. The molecule has 0 saturated carbocycles. The molecule has 12 nitrogen and oxygen atoms in total. The van der Waals surface area contributed by atoms with Crippen LogP contribution in [-0.4, -0.2) is 112 Å². The third kappa shape index (κ3) is 13.6. The minimum Gasteiger partial charge on any atom is -0.298 e. The third-order valence-corrected chi connectivity index (χ3v) is 13.0. The first-order valence-corrected chi connectivity index (χ1v) is 24.7. The number of hydrogen-bond acceptors (Lipinski definition) is 12. The lowest BCUT2D eigenvalue weighted by Gasteiger charge is -2.32. The van der Waals surface area contributed by atoms with Crippen LogP contribution in [0.25, 0.3) is 45.6 Å². The van der Waals surface area contributed by atoms with Gasteiger partial charge in [0.1, 0.15) is 0 Å². The van der Waals surface area contributed by atoms with Gasteiger partial charge in [0.15, 0.2) is 0 Å². The Morgan fingerprint density at radius 2 is 0.471 bits per heavy atom. The molecule has 9 rings (SSSR count). The maximum atomic E-state index is 4.75. The first-order chi connectivity index (χ1) is 34.2. The molecular weight excluding hydrogens is 865 g/mol. The lowest BCUT2D eigenvalue weighted by molar-refractivity contribution is 0.148. The zero-order chi connectivity index (χ0) is 48.1. The van der Waals surface area contributed by atoms with E-state index in [1.807, 2.05) is 73.8 Å². The van der Waals surface area contributed by atoms with Crippen LogP contribution in [0, 0.1) is 27.7 Å². The van der Waals surface area contributed by atoms with Crippen LogP contribution in [0.4, 0.5) is 0 Å². The quantitative estimate of drug-likeness (QED) is 0.116. The lowest BCUT2D eigenvalue weighted by Crippen LogP contribution is -2.40. The van der Waals surface area contributed by atoms with Gasteiger partial charge in [0.25, 0.3) is 0 Å². The van der Waals surface area contributed by atoms with Gasteiger partial charge in [-0.3, -0.25) is 59.5 Å². The van der Waals surface area contributed by atoms with Crippen LogP contribution in [0.15, 0.2) is 147 Å². The Hall–Kier alpha value is -6.96. The molecule has 0 aliphatic carbocycles. The zero-order valence-electron chi connectivity index (χ0n) is 41.1. The number of hydrogen-bond donors (Lipinski definition) is 0. The standard InChI is InChI=1S/C58H64N12/c1-43-7-15-59-51(31-43)55-35-47(11-19-63-55)39-67-23-5-24-69(41-49-13-21-65-57(37-49)53-33-45(3)9-17-61-53)29-30-70(42-50-14-22-66-58(38-50)54-34-46(4)10-18-62-54)26-6-25-68(28-27-67)40-48-12-20-64-56(36-48)52-32-44(2)8-16-60-52/h7-22,31-38H,5-6,23-30,39-42H2,1-4H3. The average molecular weight is 929 g/mol. The first kappa shape index (κ1) is 48.1. The van der Waals surface area contributed by atoms with Crippen LogP contribution in [0.1, 0.15) is 57.3 Å². The normalized spacial score (nSPS) is 15.1. The highest BCUT2D eigenvalue weighted by atomic mass is 15.2. The summed E-state index contributed by atoms with van der Waals surface area (Å²) in [4.78, 5) is 48.2. The highest BCUT2D eigenvalue weighted by Gasteiger charge is 2.19. The topological polar surface area (TPSA) is 116 Å². The highest BCUT2D eigenvalue weighted by Crippen LogP contribution is 2.23. The molecule has 0 N–H and O–H groups in total. The molecule has 1 fully saturated rings. The minimum atomic E-state index is 0.824. The molecule has 0 unspecified atom stereocenters. The number of rotatable bonds is 12. The molecular formula is C58H64N12. The van der Waals surface area contributed by atoms with Crippen LogP contribution in [0.3, 0.4) is 0 Å². The average Bonchev–Trinajstić information content (AvgIpc) is 3.37. The van der Waals surface area contributed by atoms with Crippen LogP contribution >= 0.6 is 0 Å². The fraction of sp³-hybridized carbons (Fsp3) is 0.310. The van der Waals surface area contributed by atoms with Crippen molar-refractivity contribution in [1.29, 1.82) is 0 Å². The van der Waals surface area contributed by atoms with Gasteiger partial charge in [0, 0.05) is 102 Å². The maximum Gasteiger partial charge on any atom is 0.0889 e. The number of aryl methyl sites for hydroxylation is 4. The van der Waals surface area contributed by atoms with Gasteiger partial charge in [-0.25, -0.2) is 0 Å². The van der Waals surface area contributed by atoms with E-state index in [9.17, 15) is 0 Å². The van der Waals surface area contributed by atoms with E-state index < -0.39 is 0 Å². The summed E-state index contributed by atoms with van der Waals surface area (Å²) in [5.41, 5.74) is 16.9. The largest absolute Gasteiger partial charge is 0.298 e. The van der Waals surface area contributed by atoms with E-state index in [1.54, 1.807) is 0 Å². The van der Waals surface area contributed by atoms with Crippen molar-refractivity contribution >= 4 is 0 Å². The van der Waals surface area contributed by atoms with E-state index in [0.717, 1.165) is 137 Å². The van der Waals surface area contributed by atoms with Crippen LogP contribution in [-0.2, 0) is 26.2 Å². The van der Waals surface area contributed by atoms with Crippen LogP contribution in [0.5, 0.6) is 0 Å². The lowest BCUT2D eigenvalue weighted by atomic mass is 10.1. The van der Waals surface area contributed by atoms with Crippen molar-refractivity contribution in [3.63, 3.8) is 0 Å². The molecule has 1 saturated heterocycles. The Kier molecular flexibility index (Phi) is 16.2. The van der Waals surface area contributed by atoms with Crippen molar-refractivity contribution in [3.05, 3.63) is 191 Å². The molecule has 8 aromatic rings. The van der Waals surface area contributed by atoms with Gasteiger partial charge < -0.3 is 0 Å². The predicted octanol–water partition coefficient (Wildman–Crippen LogP) is 9.85.